The normalized spacial score (nSPS) is 24.2. The molecule has 1 aromatic rings. The highest BCUT2D eigenvalue weighted by Gasteiger charge is 2.23. The van der Waals surface area contributed by atoms with E-state index >= 15 is 0 Å². The first kappa shape index (κ1) is 12.1. The molecule has 0 N–H and O–H groups in total. The van der Waals surface area contributed by atoms with Crippen LogP contribution in [-0.4, -0.2) is 26.9 Å². The Labute approximate surface area is 101 Å². The first-order valence-corrected chi connectivity index (χ1v) is 5.55. The Kier molecular flexibility index (Phi) is 4.10. The second kappa shape index (κ2) is 5.78. The lowest BCUT2D eigenvalue weighted by Crippen LogP contribution is -2.29. The smallest absolute Gasteiger partial charge is 0.183 e. The SMILES string of the molecule is COCC1COC(c2ccc(C#N)cc2)OC1. The molecule has 1 aliphatic heterocycles. The zero-order valence-electron chi connectivity index (χ0n) is 9.76. The Balaban J connectivity index is 1.94. The van der Waals surface area contributed by atoms with Crippen LogP contribution in [0.15, 0.2) is 24.3 Å². The van der Waals surface area contributed by atoms with Gasteiger partial charge in [0, 0.05) is 18.6 Å². The Morgan fingerprint density at radius 3 is 2.47 bits per heavy atom. The summed E-state index contributed by atoms with van der Waals surface area (Å²) >= 11 is 0. The average Bonchev–Trinajstić information content (AvgIpc) is 2.40. The van der Waals surface area contributed by atoms with Crippen molar-refractivity contribution in [2.45, 2.75) is 6.29 Å². The van der Waals surface area contributed by atoms with Crippen LogP contribution in [0.25, 0.3) is 0 Å². The van der Waals surface area contributed by atoms with E-state index in [2.05, 4.69) is 6.07 Å². The highest BCUT2D eigenvalue weighted by atomic mass is 16.7. The van der Waals surface area contributed by atoms with Crippen molar-refractivity contribution in [3.05, 3.63) is 35.4 Å². The number of hydrogen-bond acceptors (Lipinski definition) is 4. The highest BCUT2D eigenvalue weighted by Crippen LogP contribution is 2.25. The quantitative estimate of drug-likeness (QED) is 0.799. The topological polar surface area (TPSA) is 51.5 Å². The molecule has 0 spiro atoms. The van der Waals surface area contributed by atoms with Gasteiger partial charge in [0.2, 0.25) is 0 Å². The lowest BCUT2D eigenvalue weighted by atomic mass is 10.1. The van der Waals surface area contributed by atoms with Crippen LogP contribution in [0.1, 0.15) is 17.4 Å². The Morgan fingerprint density at radius 2 is 1.94 bits per heavy atom. The molecule has 0 saturated carbocycles. The molecular weight excluding hydrogens is 218 g/mol. The predicted octanol–water partition coefficient (Wildman–Crippen LogP) is 1.87. The summed E-state index contributed by atoms with van der Waals surface area (Å²) in [6, 6.07) is 9.34. The minimum Gasteiger partial charge on any atom is -0.384 e. The van der Waals surface area contributed by atoms with E-state index in [-0.39, 0.29) is 6.29 Å². The summed E-state index contributed by atoms with van der Waals surface area (Å²) in [4.78, 5) is 0. The summed E-state index contributed by atoms with van der Waals surface area (Å²) in [5, 5.41) is 8.71. The Hall–Kier alpha value is -1.41. The molecule has 4 nitrogen and oxygen atoms in total. The maximum Gasteiger partial charge on any atom is 0.183 e. The van der Waals surface area contributed by atoms with Crippen molar-refractivity contribution in [3.8, 4) is 6.07 Å². The van der Waals surface area contributed by atoms with E-state index in [0.717, 1.165) is 5.56 Å². The van der Waals surface area contributed by atoms with E-state index in [9.17, 15) is 0 Å². The largest absolute Gasteiger partial charge is 0.384 e. The van der Waals surface area contributed by atoms with E-state index < -0.39 is 0 Å². The van der Waals surface area contributed by atoms with Crippen molar-refractivity contribution >= 4 is 0 Å². The number of nitrogens with zero attached hydrogens (tertiary/aromatic N) is 1. The van der Waals surface area contributed by atoms with Crippen LogP contribution in [0, 0.1) is 17.2 Å². The van der Waals surface area contributed by atoms with Crippen LogP contribution in [0.4, 0.5) is 0 Å². The van der Waals surface area contributed by atoms with Gasteiger partial charge in [0.05, 0.1) is 31.5 Å². The van der Waals surface area contributed by atoms with Gasteiger partial charge in [-0.15, -0.1) is 0 Å². The van der Waals surface area contributed by atoms with Crippen LogP contribution in [0.3, 0.4) is 0 Å². The molecule has 1 aliphatic rings. The van der Waals surface area contributed by atoms with Crippen molar-refractivity contribution in [2.75, 3.05) is 26.9 Å². The molecule has 0 bridgehead atoms. The molecule has 0 aliphatic carbocycles. The highest BCUT2D eigenvalue weighted by molar-refractivity contribution is 5.32. The molecule has 0 atom stereocenters. The molecule has 0 aromatic heterocycles. The summed E-state index contributed by atoms with van der Waals surface area (Å²) in [5.41, 5.74) is 1.58. The van der Waals surface area contributed by atoms with E-state index in [4.69, 9.17) is 19.5 Å². The zero-order valence-corrected chi connectivity index (χ0v) is 9.76. The van der Waals surface area contributed by atoms with E-state index in [1.807, 2.05) is 12.1 Å². The van der Waals surface area contributed by atoms with Gasteiger partial charge >= 0.3 is 0 Å². The predicted molar refractivity (Wildman–Crippen MR) is 61.2 cm³/mol. The average molecular weight is 233 g/mol. The van der Waals surface area contributed by atoms with Gasteiger partial charge in [-0.1, -0.05) is 12.1 Å². The number of ether oxygens (including phenoxy) is 3. The minimum atomic E-state index is -0.323. The van der Waals surface area contributed by atoms with Crippen LogP contribution >= 0.6 is 0 Å². The maximum atomic E-state index is 8.71. The zero-order chi connectivity index (χ0) is 12.1. The third-order valence-electron chi connectivity index (χ3n) is 2.68. The molecule has 0 radical (unpaired) electrons. The van der Waals surface area contributed by atoms with Crippen LogP contribution in [-0.2, 0) is 14.2 Å². The lowest BCUT2D eigenvalue weighted by Gasteiger charge is -2.29. The lowest BCUT2D eigenvalue weighted by molar-refractivity contribution is -0.211. The van der Waals surface area contributed by atoms with Gasteiger partial charge in [0.25, 0.3) is 0 Å². The first-order chi connectivity index (χ1) is 8.33. The molecule has 0 amide bonds. The molecular formula is C13H15NO3. The summed E-state index contributed by atoms with van der Waals surface area (Å²) in [7, 11) is 1.67. The molecule has 2 rings (SSSR count). The summed E-state index contributed by atoms with van der Waals surface area (Å²) < 4.78 is 16.3. The van der Waals surface area contributed by atoms with Gasteiger partial charge < -0.3 is 14.2 Å². The molecule has 1 fully saturated rings. The number of methoxy groups -OCH3 is 1. The number of rotatable bonds is 3. The molecule has 1 heterocycles. The molecule has 17 heavy (non-hydrogen) atoms. The monoisotopic (exact) mass is 233 g/mol. The number of nitriles is 1. The fourth-order valence-electron chi connectivity index (χ4n) is 1.78. The van der Waals surface area contributed by atoms with Crippen LogP contribution in [0.2, 0.25) is 0 Å². The van der Waals surface area contributed by atoms with Crippen molar-refractivity contribution in [2.24, 2.45) is 5.92 Å². The van der Waals surface area contributed by atoms with E-state index in [0.29, 0.717) is 31.3 Å². The third kappa shape index (κ3) is 3.04. The van der Waals surface area contributed by atoms with Crippen LogP contribution in [0.5, 0.6) is 0 Å². The van der Waals surface area contributed by atoms with Crippen molar-refractivity contribution in [1.29, 1.82) is 5.26 Å². The second-order valence-electron chi connectivity index (χ2n) is 4.05. The number of hydrogen-bond donors (Lipinski definition) is 0. The van der Waals surface area contributed by atoms with Gasteiger partial charge in [0.1, 0.15) is 0 Å². The van der Waals surface area contributed by atoms with E-state index in [1.54, 1.807) is 19.2 Å². The Bertz CT molecular complexity index is 388. The number of benzene rings is 1. The van der Waals surface area contributed by atoms with Crippen molar-refractivity contribution in [3.63, 3.8) is 0 Å². The third-order valence-corrected chi connectivity index (χ3v) is 2.68. The van der Waals surface area contributed by atoms with E-state index in [1.165, 1.54) is 0 Å². The first-order valence-electron chi connectivity index (χ1n) is 5.55. The molecule has 0 unspecified atom stereocenters. The molecule has 90 valence electrons. The van der Waals surface area contributed by atoms with Crippen LogP contribution < -0.4 is 0 Å². The molecule has 1 saturated heterocycles. The van der Waals surface area contributed by atoms with Gasteiger partial charge in [-0.3, -0.25) is 0 Å². The maximum absolute atomic E-state index is 8.71. The van der Waals surface area contributed by atoms with Crippen molar-refractivity contribution < 1.29 is 14.2 Å². The summed E-state index contributed by atoms with van der Waals surface area (Å²) in [6.45, 7) is 1.93. The fraction of sp³-hybridized carbons (Fsp3) is 0.462. The second-order valence-corrected chi connectivity index (χ2v) is 4.05. The van der Waals surface area contributed by atoms with Gasteiger partial charge in [-0.2, -0.15) is 5.26 Å². The summed E-state index contributed by atoms with van der Waals surface area (Å²) in [5.74, 6) is 0.301. The standard InChI is InChI=1S/C13H15NO3/c1-15-7-11-8-16-13(17-9-11)12-4-2-10(6-14)3-5-12/h2-5,11,13H,7-9H2,1H3. The Morgan fingerprint density at radius 1 is 1.29 bits per heavy atom. The van der Waals surface area contributed by atoms with Gasteiger partial charge in [-0.05, 0) is 12.1 Å². The summed E-state index contributed by atoms with van der Waals surface area (Å²) in [6.07, 6.45) is -0.323. The molecule has 4 heteroatoms. The fourth-order valence-corrected chi connectivity index (χ4v) is 1.78. The van der Waals surface area contributed by atoms with Gasteiger partial charge in [0.15, 0.2) is 6.29 Å². The minimum absolute atomic E-state index is 0.301. The van der Waals surface area contributed by atoms with Gasteiger partial charge in [-0.25, -0.2) is 0 Å². The van der Waals surface area contributed by atoms with Crippen molar-refractivity contribution in [1.82, 2.24) is 0 Å². The molecule has 1 aromatic carbocycles.